The number of aromatic nitrogens is 6. The van der Waals surface area contributed by atoms with Crippen molar-refractivity contribution in [3.05, 3.63) is 47.7 Å². The van der Waals surface area contributed by atoms with Crippen molar-refractivity contribution >= 4 is 17.1 Å². The average molecular weight is 459 g/mol. The Labute approximate surface area is 188 Å². The van der Waals surface area contributed by atoms with E-state index in [9.17, 15) is 13.2 Å². The highest BCUT2D eigenvalue weighted by Gasteiger charge is 2.32. The van der Waals surface area contributed by atoms with Gasteiger partial charge in [0.1, 0.15) is 11.6 Å². The Morgan fingerprint density at radius 1 is 1.21 bits per heavy atom. The zero-order chi connectivity index (χ0) is 23.2. The molecule has 174 valence electrons. The van der Waals surface area contributed by atoms with Gasteiger partial charge >= 0.3 is 6.18 Å². The topological polar surface area (TPSA) is 81.9 Å². The van der Waals surface area contributed by atoms with Gasteiger partial charge in [-0.1, -0.05) is 6.58 Å². The molecule has 2 aliphatic rings. The number of anilines is 1. The Morgan fingerprint density at radius 2 is 2.03 bits per heavy atom. The fraction of sp³-hybridized carbons (Fsp3) is 0.500. The summed E-state index contributed by atoms with van der Waals surface area (Å²) in [6.45, 7) is 6.51. The number of halogens is 3. The number of rotatable bonds is 6. The average Bonchev–Trinajstić information content (AvgIpc) is 3.52. The number of allylic oxidation sites excluding steroid dienone is 1. The fourth-order valence-electron chi connectivity index (χ4n) is 3.86. The van der Waals surface area contributed by atoms with Crippen molar-refractivity contribution in [2.75, 3.05) is 24.6 Å². The predicted octanol–water partition coefficient (Wildman–Crippen LogP) is 3.89. The van der Waals surface area contributed by atoms with Gasteiger partial charge in [0, 0.05) is 30.1 Å². The smallest absolute Gasteiger partial charge is 0.370 e. The number of aryl methyl sites for hydroxylation is 2. The molecule has 1 aliphatic heterocycles. The van der Waals surface area contributed by atoms with Crippen LogP contribution < -0.4 is 4.90 Å². The molecule has 0 N–H and O–H groups in total. The second-order valence-electron chi connectivity index (χ2n) is 8.55. The van der Waals surface area contributed by atoms with Crippen LogP contribution in [0.15, 0.2) is 30.7 Å². The van der Waals surface area contributed by atoms with E-state index >= 15 is 0 Å². The zero-order valence-corrected chi connectivity index (χ0v) is 18.2. The van der Waals surface area contributed by atoms with Crippen LogP contribution in [0.1, 0.15) is 48.4 Å². The van der Waals surface area contributed by atoms with Gasteiger partial charge in [0.25, 0.3) is 0 Å². The molecule has 1 saturated carbocycles. The zero-order valence-electron chi connectivity index (χ0n) is 18.2. The number of hydrogen-bond donors (Lipinski definition) is 0. The van der Waals surface area contributed by atoms with E-state index < -0.39 is 11.7 Å². The van der Waals surface area contributed by atoms with Crippen molar-refractivity contribution in [2.24, 2.45) is 0 Å². The summed E-state index contributed by atoms with van der Waals surface area (Å²) >= 11 is 0. The lowest BCUT2D eigenvalue weighted by Gasteiger charge is -2.32. The third-order valence-corrected chi connectivity index (χ3v) is 5.92. The van der Waals surface area contributed by atoms with E-state index in [0.717, 1.165) is 18.4 Å². The molecule has 3 aromatic rings. The van der Waals surface area contributed by atoms with Gasteiger partial charge in [-0.05, 0) is 32.6 Å². The third-order valence-electron chi connectivity index (χ3n) is 5.92. The van der Waals surface area contributed by atoms with E-state index in [1.807, 2.05) is 22.0 Å². The van der Waals surface area contributed by atoms with Gasteiger partial charge in [-0.15, -0.1) is 0 Å². The van der Waals surface area contributed by atoms with Crippen molar-refractivity contribution in [3.8, 4) is 0 Å². The molecule has 0 bridgehead atoms. The summed E-state index contributed by atoms with van der Waals surface area (Å²) in [6.07, 6.45) is 2.86. The molecule has 4 heterocycles. The molecule has 3 aromatic heterocycles. The summed E-state index contributed by atoms with van der Waals surface area (Å²) in [5.74, 6) is 0.415. The summed E-state index contributed by atoms with van der Waals surface area (Å²) in [6, 6.07) is 0.484. The molecule has 5 rings (SSSR count). The molecule has 8 nitrogen and oxygen atoms in total. The normalized spacial score (nSPS) is 19.3. The van der Waals surface area contributed by atoms with Gasteiger partial charge in [-0.25, -0.2) is 15.0 Å². The minimum absolute atomic E-state index is 0.0457. The van der Waals surface area contributed by atoms with Crippen LogP contribution in [0.3, 0.4) is 0 Å². The predicted molar refractivity (Wildman–Crippen MR) is 115 cm³/mol. The Kier molecular flexibility index (Phi) is 5.51. The maximum Gasteiger partial charge on any atom is 0.412 e. The summed E-state index contributed by atoms with van der Waals surface area (Å²) < 4.78 is 46.8. The standard InChI is InChI=1S/C22H24F3N7O/c1-13(22(23,24)25)3-6-17-19-20(28-14(2)9-26-19)30-21(29-17)31-7-8-33-18(12-31)15-10-27-32(11-15)16-4-5-16/h9-11,16,18H,1,3-8,12H2,2H3. The minimum Gasteiger partial charge on any atom is -0.370 e. The van der Waals surface area contributed by atoms with E-state index in [1.54, 1.807) is 13.1 Å². The van der Waals surface area contributed by atoms with E-state index in [-0.39, 0.29) is 18.9 Å². The number of hydrogen-bond acceptors (Lipinski definition) is 7. The molecule has 0 spiro atoms. The van der Waals surface area contributed by atoms with Gasteiger partial charge in [-0.2, -0.15) is 23.3 Å². The van der Waals surface area contributed by atoms with E-state index in [2.05, 4.69) is 31.6 Å². The van der Waals surface area contributed by atoms with Crippen molar-refractivity contribution < 1.29 is 17.9 Å². The van der Waals surface area contributed by atoms with Crippen molar-refractivity contribution in [1.29, 1.82) is 0 Å². The van der Waals surface area contributed by atoms with Crippen molar-refractivity contribution in [3.63, 3.8) is 0 Å². The summed E-state index contributed by atoms with van der Waals surface area (Å²) in [4.78, 5) is 20.0. The lowest BCUT2D eigenvalue weighted by atomic mass is 10.1. The number of morpholine rings is 1. The summed E-state index contributed by atoms with van der Waals surface area (Å²) in [5.41, 5.74) is 2.08. The molecule has 33 heavy (non-hydrogen) atoms. The highest BCUT2D eigenvalue weighted by molar-refractivity contribution is 5.74. The lowest BCUT2D eigenvalue weighted by Crippen LogP contribution is -2.39. The highest BCUT2D eigenvalue weighted by Crippen LogP contribution is 2.35. The molecule has 11 heteroatoms. The molecule has 2 fully saturated rings. The van der Waals surface area contributed by atoms with Crippen LogP contribution in [0, 0.1) is 6.92 Å². The molecule has 1 saturated heterocycles. The number of fused-ring (bicyclic) bond motifs is 1. The Hall–Kier alpha value is -3.08. The van der Waals surface area contributed by atoms with Crippen molar-refractivity contribution in [2.45, 2.75) is 50.9 Å². The molecular formula is C22H24F3N7O. The highest BCUT2D eigenvalue weighted by atomic mass is 19.4. The first-order chi connectivity index (χ1) is 15.8. The van der Waals surface area contributed by atoms with Crippen molar-refractivity contribution in [1.82, 2.24) is 29.7 Å². The second kappa shape index (κ2) is 8.36. The fourth-order valence-corrected chi connectivity index (χ4v) is 3.86. The van der Waals surface area contributed by atoms with Gasteiger partial charge in [0.2, 0.25) is 5.95 Å². The first kappa shape index (κ1) is 21.7. The molecule has 1 unspecified atom stereocenters. The maximum atomic E-state index is 13.0. The minimum atomic E-state index is -4.43. The van der Waals surface area contributed by atoms with Crippen LogP contribution >= 0.6 is 0 Å². The molecule has 1 aliphatic carbocycles. The van der Waals surface area contributed by atoms with Gasteiger partial charge in [0.15, 0.2) is 5.65 Å². The molecular weight excluding hydrogens is 435 g/mol. The number of ether oxygens (including phenoxy) is 1. The van der Waals surface area contributed by atoms with Crippen LogP contribution in [-0.4, -0.2) is 55.6 Å². The van der Waals surface area contributed by atoms with E-state index in [1.165, 1.54) is 0 Å². The Balaban J connectivity index is 1.42. The number of nitrogens with zero attached hydrogens (tertiary/aromatic N) is 7. The molecule has 0 radical (unpaired) electrons. The van der Waals surface area contributed by atoms with Crippen LogP contribution in [-0.2, 0) is 11.2 Å². The van der Waals surface area contributed by atoms with Crippen LogP contribution in [0.25, 0.3) is 11.2 Å². The SMILES string of the molecule is C=C(CCc1nc(N2CCOC(c3cnn(C4CC4)c3)C2)nc2nc(C)cnc12)C(F)(F)F. The third kappa shape index (κ3) is 4.68. The largest absolute Gasteiger partial charge is 0.412 e. The maximum absolute atomic E-state index is 13.0. The summed E-state index contributed by atoms with van der Waals surface area (Å²) in [7, 11) is 0. The second-order valence-corrected chi connectivity index (χ2v) is 8.55. The van der Waals surface area contributed by atoms with E-state index in [4.69, 9.17) is 4.74 Å². The van der Waals surface area contributed by atoms with Gasteiger partial charge in [-0.3, -0.25) is 4.68 Å². The molecule has 0 aromatic carbocycles. The first-order valence-corrected chi connectivity index (χ1v) is 10.9. The Bertz CT molecular complexity index is 1190. The van der Waals surface area contributed by atoms with Crippen LogP contribution in [0.5, 0.6) is 0 Å². The van der Waals surface area contributed by atoms with Crippen LogP contribution in [0.2, 0.25) is 0 Å². The summed E-state index contributed by atoms with van der Waals surface area (Å²) in [5, 5.41) is 4.45. The van der Waals surface area contributed by atoms with E-state index in [0.29, 0.717) is 54.2 Å². The van der Waals surface area contributed by atoms with Crippen LogP contribution in [0.4, 0.5) is 19.1 Å². The first-order valence-electron chi connectivity index (χ1n) is 10.9. The quantitative estimate of drug-likeness (QED) is 0.517. The Morgan fingerprint density at radius 3 is 2.79 bits per heavy atom. The lowest BCUT2D eigenvalue weighted by molar-refractivity contribution is -0.0935. The van der Waals surface area contributed by atoms with Gasteiger partial charge < -0.3 is 9.64 Å². The van der Waals surface area contributed by atoms with Gasteiger partial charge in [0.05, 0.1) is 36.8 Å². The number of alkyl halides is 3. The molecule has 1 atom stereocenters. The molecule has 0 amide bonds. The monoisotopic (exact) mass is 459 g/mol.